The maximum Gasteiger partial charge on any atom is 0.106 e. The average molecular weight is 164 g/mol. The zero-order valence-corrected chi connectivity index (χ0v) is 6.90. The lowest BCUT2D eigenvalue weighted by Gasteiger charge is -2.09. The van der Waals surface area contributed by atoms with Crippen LogP contribution in [-0.4, -0.2) is 14.9 Å². The van der Waals surface area contributed by atoms with Crippen LogP contribution in [0.15, 0.2) is 24.9 Å². The Labute approximate surface area is 71.3 Å². The van der Waals surface area contributed by atoms with Crippen LogP contribution in [0.1, 0.15) is 18.5 Å². The molecule has 0 atom stereocenters. The minimum Gasteiger partial charge on any atom is -0.384 e. The SMILES string of the molecule is C=CCn1nccc1C1(O)CC1. The zero-order valence-electron chi connectivity index (χ0n) is 6.90. The van der Waals surface area contributed by atoms with E-state index < -0.39 is 5.60 Å². The highest BCUT2D eigenvalue weighted by Crippen LogP contribution is 2.44. The van der Waals surface area contributed by atoms with Gasteiger partial charge in [0.05, 0.1) is 12.2 Å². The average Bonchev–Trinajstić information content (AvgIpc) is 2.64. The van der Waals surface area contributed by atoms with Crippen LogP contribution in [0.25, 0.3) is 0 Å². The normalized spacial score (nSPS) is 19.1. The lowest BCUT2D eigenvalue weighted by atomic mass is 10.2. The van der Waals surface area contributed by atoms with Crippen LogP contribution >= 0.6 is 0 Å². The lowest BCUT2D eigenvalue weighted by Crippen LogP contribution is -2.13. The Hall–Kier alpha value is -1.09. The first kappa shape index (κ1) is 7.55. The van der Waals surface area contributed by atoms with E-state index in [9.17, 15) is 5.11 Å². The summed E-state index contributed by atoms with van der Waals surface area (Å²) in [5.41, 5.74) is 0.335. The standard InChI is InChI=1S/C9H12N2O/c1-2-7-11-8(3-6-10-11)9(12)4-5-9/h2-3,6,12H,1,4-5,7H2. The van der Waals surface area contributed by atoms with E-state index in [0.29, 0.717) is 6.54 Å². The van der Waals surface area contributed by atoms with Crippen molar-refractivity contribution in [2.24, 2.45) is 0 Å². The third-order valence-corrected chi connectivity index (χ3v) is 2.22. The van der Waals surface area contributed by atoms with E-state index in [0.717, 1.165) is 18.5 Å². The van der Waals surface area contributed by atoms with Crippen LogP contribution in [0.3, 0.4) is 0 Å². The summed E-state index contributed by atoms with van der Waals surface area (Å²) in [6.07, 6.45) is 5.21. The summed E-state index contributed by atoms with van der Waals surface area (Å²) in [7, 11) is 0. The first-order valence-electron chi connectivity index (χ1n) is 4.12. The zero-order chi connectivity index (χ0) is 8.60. The van der Waals surface area contributed by atoms with Crippen molar-refractivity contribution in [2.75, 3.05) is 0 Å². The van der Waals surface area contributed by atoms with Crippen LogP contribution in [0.4, 0.5) is 0 Å². The van der Waals surface area contributed by atoms with Crippen LogP contribution in [-0.2, 0) is 12.1 Å². The van der Waals surface area contributed by atoms with Crippen LogP contribution in [0.2, 0.25) is 0 Å². The van der Waals surface area contributed by atoms with Gasteiger partial charge in [-0.2, -0.15) is 5.10 Å². The van der Waals surface area contributed by atoms with Gasteiger partial charge in [-0.1, -0.05) is 6.08 Å². The van der Waals surface area contributed by atoms with E-state index in [4.69, 9.17) is 0 Å². The Kier molecular flexibility index (Phi) is 1.54. The highest BCUT2D eigenvalue weighted by Gasteiger charge is 2.44. The van der Waals surface area contributed by atoms with Gasteiger partial charge < -0.3 is 5.11 Å². The van der Waals surface area contributed by atoms with E-state index in [1.807, 2.05) is 6.07 Å². The highest BCUT2D eigenvalue weighted by molar-refractivity contribution is 5.18. The Bertz CT molecular complexity index is 299. The highest BCUT2D eigenvalue weighted by atomic mass is 16.3. The molecule has 1 saturated carbocycles. The number of aliphatic hydroxyl groups is 1. The van der Waals surface area contributed by atoms with E-state index in [-0.39, 0.29) is 0 Å². The number of allylic oxidation sites excluding steroid dienone is 1. The van der Waals surface area contributed by atoms with Gasteiger partial charge in [-0.3, -0.25) is 4.68 Å². The number of rotatable bonds is 3. The van der Waals surface area contributed by atoms with Gasteiger partial charge in [-0.25, -0.2) is 0 Å². The van der Waals surface area contributed by atoms with Crippen molar-refractivity contribution in [1.29, 1.82) is 0 Å². The monoisotopic (exact) mass is 164 g/mol. The summed E-state index contributed by atoms with van der Waals surface area (Å²) in [5.74, 6) is 0. The first-order chi connectivity index (χ1) is 5.76. The first-order valence-corrected chi connectivity index (χ1v) is 4.12. The largest absolute Gasteiger partial charge is 0.384 e. The molecule has 2 rings (SSSR count). The van der Waals surface area contributed by atoms with Crippen LogP contribution < -0.4 is 0 Å². The fraction of sp³-hybridized carbons (Fsp3) is 0.444. The number of hydrogen-bond acceptors (Lipinski definition) is 2. The molecule has 1 aliphatic rings. The molecule has 1 N–H and O–H groups in total. The smallest absolute Gasteiger partial charge is 0.106 e. The summed E-state index contributed by atoms with van der Waals surface area (Å²) < 4.78 is 1.79. The molecule has 12 heavy (non-hydrogen) atoms. The molecule has 1 aromatic heterocycles. The minimum absolute atomic E-state index is 0.584. The van der Waals surface area contributed by atoms with Gasteiger partial charge in [0.2, 0.25) is 0 Å². The van der Waals surface area contributed by atoms with Crippen LogP contribution in [0, 0.1) is 0 Å². The van der Waals surface area contributed by atoms with E-state index in [2.05, 4.69) is 11.7 Å². The lowest BCUT2D eigenvalue weighted by molar-refractivity contribution is 0.140. The predicted molar refractivity (Wildman–Crippen MR) is 45.6 cm³/mol. The number of nitrogens with zero attached hydrogens (tertiary/aromatic N) is 2. The quantitative estimate of drug-likeness (QED) is 0.678. The molecule has 0 radical (unpaired) electrons. The Morgan fingerprint density at radius 3 is 3.08 bits per heavy atom. The van der Waals surface area contributed by atoms with Gasteiger partial charge in [0.25, 0.3) is 0 Å². The molecule has 3 nitrogen and oxygen atoms in total. The Balaban J connectivity index is 2.30. The van der Waals surface area contributed by atoms with Gasteiger partial charge in [-0.05, 0) is 18.9 Å². The van der Waals surface area contributed by atoms with Gasteiger partial charge in [0, 0.05) is 6.20 Å². The number of hydrogen-bond donors (Lipinski definition) is 1. The molecule has 0 unspecified atom stereocenters. The van der Waals surface area contributed by atoms with Crippen molar-refractivity contribution in [3.8, 4) is 0 Å². The maximum absolute atomic E-state index is 9.80. The van der Waals surface area contributed by atoms with E-state index >= 15 is 0 Å². The van der Waals surface area contributed by atoms with Crippen molar-refractivity contribution < 1.29 is 5.11 Å². The van der Waals surface area contributed by atoms with E-state index in [1.54, 1.807) is 17.0 Å². The molecule has 3 heteroatoms. The molecule has 64 valence electrons. The molecule has 0 aliphatic heterocycles. The third kappa shape index (κ3) is 1.06. The molecule has 1 aliphatic carbocycles. The van der Waals surface area contributed by atoms with Gasteiger partial charge in [-0.15, -0.1) is 6.58 Å². The molecule has 0 spiro atoms. The maximum atomic E-state index is 9.80. The van der Waals surface area contributed by atoms with Crippen molar-refractivity contribution >= 4 is 0 Å². The third-order valence-electron chi connectivity index (χ3n) is 2.22. The topological polar surface area (TPSA) is 38.0 Å². The second-order valence-corrected chi connectivity index (χ2v) is 3.22. The predicted octanol–water partition coefficient (Wildman–Crippen LogP) is 1.05. The second-order valence-electron chi connectivity index (χ2n) is 3.22. The molecule has 0 bridgehead atoms. The summed E-state index contributed by atoms with van der Waals surface area (Å²) in [4.78, 5) is 0. The fourth-order valence-electron chi connectivity index (χ4n) is 1.37. The molecule has 1 heterocycles. The van der Waals surface area contributed by atoms with Crippen molar-refractivity contribution in [3.05, 3.63) is 30.6 Å². The van der Waals surface area contributed by atoms with E-state index in [1.165, 1.54) is 0 Å². The number of aromatic nitrogens is 2. The van der Waals surface area contributed by atoms with Gasteiger partial charge in [0.15, 0.2) is 0 Å². The molecule has 1 fully saturated rings. The minimum atomic E-state index is -0.584. The van der Waals surface area contributed by atoms with Crippen molar-refractivity contribution in [3.63, 3.8) is 0 Å². The molecular weight excluding hydrogens is 152 g/mol. The fourth-order valence-corrected chi connectivity index (χ4v) is 1.37. The molecule has 0 aromatic carbocycles. The molecule has 0 amide bonds. The van der Waals surface area contributed by atoms with Crippen molar-refractivity contribution in [2.45, 2.75) is 25.0 Å². The molecular formula is C9H12N2O. The summed E-state index contributed by atoms with van der Waals surface area (Å²) in [6.45, 7) is 4.31. The Morgan fingerprint density at radius 1 is 1.75 bits per heavy atom. The van der Waals surface area contributed by atoms with Gasteiger partial charge >= 0.3 is 0 Å². The van der Waals surface area contributed by atoms with Gasteiger partial charge in [0.1, 0.15) is 5.60 Å². The van der Waals surface area contributed by atoms with Crippen LogP contribution in [0.5, 0.6) is 0 Å². The Morgan fingerprint density at radius 2 is 2.50 bits per heavy atom. The molecule has 0 saturated heterocycles. The second kappa shape index (κ2) is 2.45. The summed E-state index contributed by atoms with van der Waals surface area (Å²) >= 11 is 0. The molecule has 1 aromatic rings. The summed E-state index contributed by atoms with van der Waals surface area (Å²) in [5, 5.41) is 13.9. The summed E-state index contributed by atoms with van der Waals surface area (Å²) in [6, 6.07) is 1.87. The van der Waals surface area contributed by atoms with Crippen molar-refractivity contribution in [1.82, 2.24) is 9.78 Å².